The van der Waals surface area contributed by atoms with Crippen LogP contribution >= 0.6 is 0 Å². The van der Waals surface area contributed by atoms with E-state index in [2.05, 4.69) is 5.32 Å². The lowest BCUT2D eigenvalue weighted by Gasteiger charge is -2.27. The second-order valence-electron chi connectivity index (χ2n) is 4.34. The van der Waals surface area contributed by atoms with Crippen LogP contribution in [0.15, 0.2) is 18.2 Å². The van der Waals surface area contributed by atoms with Crippen LogP contribution in [0.3, 0.4) is 0 Å². The van der Waals surface area contributed by atoms with Gasteiger partial charge in [-0.3, -0.25) is 4.79 Å². The highest BCUT2D eigenvalue weighted by Crippen LogP contribution is 2.28. The predicted octanol–water partition coefficient (Wildman–Crippen LogP) is 1.14. The molecule has 0 atom stereocenters. The molecule has 1 aromatic carbocycles. The molecule has 1 fully saturated rings. The predicted molar refractivity (Wildman–Crippen MR) is 72.9 cm³/mol. The summed E-state index contributed by atoms with van der Waals surface area (Å²) < 4.78 is 10.7. The summed E-state index contributed by atoms with van der Waals surface area (Å²) in [5, 5.41) is 3.23. The smallest absolute Gasteiger partial charge is 0.254 e. The molecule has 1 aliphatic heterocycles. The van der Waals surface area contributed by atoms with Gasteiger partial charge in [-0.25, -0.2) is 0 Å². The third-order valence-electron chi connectivity index (χ3n) is 3.11. The van der Waals surface area contributed by atoms with Crippen LogP contribution in [-0.4, -0.2) is 50.7 Å². The van der Waals surface area contributed by atoms with Crippen LogP contribution < -0.4 is 14.8 Å². The number of rotatable bonds is 4. The van der Waals surface area contributed by atoms with Gasteiger partial charge in [0.2, 0.25) is 0 Å². The summed E-state index contributed by atoms with van der Waals surface area (Å²) in [4.78, 5) is 14.2. The maximum absolute atomic E-state index is 12.3. The number of carbonyl (C=O) groups excluding carboxylic acids is 1. The fraction of sp³-hybridized carbons (Fsp3) is 0.500. The number of methoxy groups -OCH3 is 1. The highest BCUT2D eigenvalue weighted by atomic mass is 16.5. The summed E-state index contributed by atoms with van der Waals surface area (Å²) in [6.07, 6.45) is 0. The van der Waals surface area contributed by atoms with Gasteiger partial charge in [0.25, 0.3) is 5.91 Å². The van der Waals surface area contributed by atoms with Crippen molar-refractivity contribution in [3.63, 3.8) is 0 Å². The van der Waals surface area contributed by atoms with Crippen LogP contribution in [-0.2, 0) is 0 Å². The Bertz CT molecular complexity index is 442. The Balaban J connectivity index is 2.17. The van der Waals surface area contributed by atoms with Crippen LogP contribution in [0.4, 0.5) is 0 Å². The minimum Gasteiger partial charge on any atom is -0.493 e. The van der Waals surface area contributed by atoms with E-state index >= 15 is 0 Å². The van der Waals surface area contributed by atoms with E-state index in [9.17, 15) is 4.79 Å². The molecule has 1 saturated heterocycles. The molecule has 0 bridgehead atoms. The lowest BCUT2D eigenvalue weighted by atomic mass is 10.1. The van der Waals surface area contributed by atoms with E-state index in [0.29, 0.717) is 23.7 Å². The van der Waals surface area contributed by atoms with Gasteiger partial charge in [0.15, 0.2) is 11.5 Å². The fourth-order valence-electron chi connectivity index (χ4n) is 2.13. The van der Waals surface area contributed by atoms with Gasteiger partial charge in [0, 0.05) is 31.7 Å². The molecule has 1 amide bonds. The topological polar surface area (TPSA) is 50.8 Å². The van der Waals surface area contributed by atoms with E-state index in [-0.39, 0.29) is 5.91 Å². The van der Waals surface area contributed by atoms with Crippen LogP contribution in [0.1, 0.15) is 17.3 Å². The van der Waals surface area contributed by atoms with E-state index in [1.807, 2.05) is 11.8 Å². The number of nitrogens with one attached hydrogen (secondary N) is 1. The number of hydrogen-bond acceptors (Lipinski definition) is 4. The van der Waals surface area contributed by atoms with Crippen molar-refractivity contribution in [2.24, 2.45) is 0 Å². The summed E-state index contributed by atoms with van der Waals surface area (Å²) in [5.41, 5.74) is 0.641. The zero-order chi connectivity index (χ0) is 13.7. The number of amides is 1. The molecule has 5 nitrogen and oxygen atoms in total. The largest absolute Gasteiger partial charge is 0.493 e. The molecule has 5 heteroatoms. The minimum absolute atomic E-state index is 0.0443. The van der Waals surface area contributed by atoms with Crippen molar-refractivity contribution >= 4 is 5.91 Å². The van der Waals surface area contributed by atoms with E-state index in [1.165, 1.54) is 0 Å². The van der Waals surface area contributed by atoms with Gasteiger partial charge in [0.05, 0.1) is 13.7 Å². The van der Waals surface area contributed by atoms with Gasteiger partial charge >= 0.3 is 0 Å². The molecule has 104 valence electrons. The Morgan fingerprint density at radius 3 is 2.68 bits per heavy atom. The summed E-state index contributed by atoms with van der Waals surface area (Å²) in [6, 6.07) is 5.32. The Kier molecular flexibility index (Phi) is 4.63. The normalized spacial score (nSPS) is 15.2. The van der Waals surface area contributed by atoms with E-state index in [1.54, 1.807) is 25.3 Å². The molecule has 1 aromatic rings. The highest BCUT2D eigenvalue weighted by Gasteiger charge is 2.19. The zero-order valence-electron chi connectivity index (χ0n) is 11.4. The molecule has 0 saturated carbocycles. The second-order valence-corrected chi connectivity index (χ2v) is 4.34. The Labute approximate surface area is 113 Å². The summed E-state index contributed by atoms with van der Waals surface area (Å²) in [7, 11) is 1.58. The first kappa shape index (κ1) is 13.7. The summed E-state index contributed by atoms with van der Waals surface area (Å²) in [5.74, 6) is 1.31. The second kappa shape index (κ2) is 6.43. The fourth-order valence-corrected chi connectivity index (χ4v) is 2.13. The van der Waals surface area contributed by atoms with Crippen LogP contribution in [0.25, 0.3) is 0 Å². The first-order valence-electron chi connectivity index (χ1n) is 6.57. The maximum Gasteiger partial charge on any atom is 0.254 e. The van der Waals surface area contributed by atoms with E-state index in [0.717, 1.165) is 26.2 Å². The molecule has 0 aromatic heterocycles. The van der Waals surface area contributed by atoms with Gasteiger partial charge in [0.1, 0.15) is 0 Å². The van der Waals surface area contributed by atoms with Crippen molar-refractivity contribution < 1.29 is 14.3 Å². The average Bonchev–Trinajstić information content (AvgIpc) is 2.48. The van der Waals surface area contributed by atoms with E-state index in [4.69, 9.17) is 9.47 Å². The molecular formula is C14H20N2O3. The third-order valence-corrected chi connectivity index (χ3v) is 3.11. The van der Waals surface area contributed by atoms with Gasteiger partial charge in [-0.05, 0) is 25.1 Å². The van der Waals surface area contributed by atoms with Crippen molar-refractivity contribution in [3.8, 4) is 11.5 Å². The van der Waals surface area contributed by atoms with Crippen molar-refractivity contribution in [2.75, 3.05) is 39.9 Å². The van der Waals surface area contributed by atoms with Gasteiger partial charge < -0.3 is 19.7 Å². The van der Waals surface area contributed by atoms with Gasteiger partial charge in [-0.15, -0.1) is 0 Å². The molecule has 1 heterocycles. The first-order valence-corrected chi connectivity index (χ1v) is 6.57. The Morgan fingerprint density at radius 1 is 1.32 bits per heavy atom. The molecule has 1 aliphatic rings. The molecule has 0 radical (unpaired) electrons. The minimum atomic E-state index is 0.0443. The summed E-state index contributed by atoms with van der Waals surface area (Å²) >= 11 is 0. The molecule has 2 rings (SSSR count). The number of piperazine rings is 1. The number of nitrogens with zero attached hydrogens (tertiary/aromatic N) is 1. The molecule has 0 unspecified atom stereocenters. The van der Waals surface area contributed by atoms with Crippen molar-refractivity contribution in [1.82, 2.24) is 10.2 Å². The number of carbonyl (C=O) groups is 1. The Morgan fingerprint density at radius 2 is 2.05 bits per heavy atom. The SMILES string of the molecule is CCOc1ccc(C(=O)N2CCNCC2)cc1OC. The molecular weight excluding hydrogens is 244 g/mol. The lowest BCUT2D eigenvalue weighted by molar-refractivity contribution is 0.0735. The maximum atomic E-state index is 12.3. The van der Waals surface area contributed by atoms with Gasteiger partial charge in [-0.1, -0.05) is 0 Å². The standard InChI is InChI=1S/C14H20N2O3/c1-3-19-12-5-4-11(10-13(12)18-2)14(17)16-8-6-15-7-9-16/h4-5,10,15H,3,6-9H2,1-2H3. The lowest BCUT2D eigenvalue weighted by Crippen LogP contribution is -2.46. The van der Waals surface area contributed by atoms with Crippen molar-refractivity contribution in [3.05, 3.63) is 23.8 Å². The zero-order valence-corrected chi connectivity index (χ0v) is 11.4. The number of hydrogen-bond donors (Lipinski definition) is 1. The molecule has 0 spiro atoms. The van der Waals surface area contributed by atoms with Crippen LogP contribution in [0.5, 0.6) is 11.5 Å². The van der Waals surface area contributed by atoms with E-state index < -0.39 is 0 Å². The summed E-state index contributed by atoms with van der Waals surface area (Å²) in [6.45, 7) is 5.67. The number of ether oxygens (including phenoxy) is 2. The monoisotopic (exact) mass is 264 g/mol. The van der Waals surface area contributed by atoms with Crippen LogP contribution in [0, 0.1) is 0 Å². The van der Waals surface area contributed by atoms with Crippen molar-refractivity contribution in [2.45, 2.75) is 6.92 Å². The average molecular weight is 264 g/mol. The number of benzene rings is 1. The van der Waals surface area contributed by atoms with Crippen molar-refractivity contribution in [1.29, 1.82) is 0 Å². The van der Waals surface area contributed by atoms with Crippen LogP contribution in [0.2, 0.25) is 0 Å². The quantitative estimate of drug-likeness (QED) is 0.886. The molecule has 1 N–H and O–H groups in total. The third kappa shape index (κ3) is 3.17. The Hall–Kier alpha value is -1.75. The molecule has 19 heavy (non-hydrogen) atoms. The van der Waals surface area contributed by atoms with Gasteiger partial charge in [-0.2, -0.15) is 0 Å². The highest BCUT2D eigenvalue weighted by molar-refractivity contribution is 5.95. The first-order chi connectivity index (χ1) is 9.26. The molecule has 0 aliphatic carbocycles.